The summed E-state index contributed by atoms with van der Waals surface area (Å²) < 4.78 is 7.06. The molecule has 0 bridgehead atoms. The van der Waals surface area contributed by atoms with Crippen LogP contribution in [0, 0.1) is 5.92 Å². The summed E-state index contributed by atoms with van der Waals surface area (Å²) in [5.41, 5.74) is 1.21. The smallest absolute Gasteiger partial charge is 0.254 e. The molecule has 0 spiro atoms. The predicted molar refractivity (Wildman–Crippen MR) is 101 cm³/mol. The molecule has 1 unspecified atom stereocenters. The Morgan fingerprint density at radius 1 is 1.25 bits per heavy atom. The van der Waals surface area contributed by atoms with Gasteiger partial charge in [0.1, 0.15) is 11.8 Å². The van der Waals surface area contributed by atoms with E-state index < -0.39 is 6.04 Å². The van der Waals surface area contributed by atoms with E-state index in [9.17, 15) is 14.7 Å². The second-order valence-electron chi connectivity index (χ2n) is 7.32. The lowest BCUT2D eigenvalue weighted by molar-refractivity contribution is -0.126. The fraction of sp³-hybridized carbons (Fsp3) is 0.450. The lowest BCUT2D eigenvalue weighted by Crippen LogP contribution is -2.47. The molecule has 1 aromatic heterocycles. The Kier molecular flexibility index (Phi) is 5.29. The maximum absolute atomic E-state index is 12.9. The number of phenolic OH excluding ortho intramolecular Hbond substituents is 1. The summed E-state index contributed by atoms with van der Waals surface area (Å²) in [4.78, 5) is 27.4. The first-order valence-corrected chi connectivity index (χ1v) is 9.58. The summed E-state index contributed by atoms with van der Waals surface area (Å²) in [6, 6.07) is 7.51. The summed E-state index contributed by atoms with van der Waals surface area (Å²) in [7, 11) is 0. The number of benzene rings is 1. The van der Waals surface area contributed by atoms with Crippen molar-refractivity contribution in [1.29, 1.82) is 0 Å². The van der Waals surface area contributed by atoms with Crippen molar-refractivity contribution in [1.82, 2.24) is 20.0 Å². The van der Waals surface area contributed by atoms with Crippen LogP contribution in [0.2, 0.25) is 0 Å². The number of amides is 2. The molecule has 1 atom stereocenters. The number of carbonyl (C=O) groups is 2. The maximum atomic E-state index is 12.9. The van der Waals surface area contributed by atoms with Gasteiger partial charge < -0.3 is 20.1 Å². The van der Waals surface area contributed by atoms with E-state index in [4.69, 9.17) is 4.74 Å². The van der Waals surface area contributed by atoms with E-state index in [2.05, 4.69) is 10.4 Å². The first-order chi connectivity index (χ1) is 13.6. The number of hydrogen-bond acceptors (Lipinski definition) is 5. The number of ether oxygens (including phenoxy) is 1. The van der Waals surface area contributed by atoms with Crippen LogP contribution in [0.1, 0.15) is 34.9 Å². The molecule has 28 heavy (non-hydrogen) atoms. The second-order valence-corrected chi connectivity index (χ2v) is 7.32. The fourth-order valence-electron chi connectivity index (χ4n) is 3.78. The number of hydrogen-bond donors (Lipinski definition) is 2. The van der Waals surface area contributed by atoms with Crippen molar-refractivity contribution in [2.24, 2.45) is 5.92 Å². The molecule has 2 amide bonds. The highest BCUT2D eigenvalue weighted by Gasteiger charge is 2.33. The van der Waals surface area contributed by atoms with Gasteiger partial charge >= 0.3 is 0 Å². The lowest BCUT2D eigenvalue weighted by Gasteiger charge is -2.33. The van der Waals surface area contributed by atoms with Crippen molar-refractivity contribution in [2.45, 2.75) is 25.4 Å². The highest BCUT2D eigenvalue weighted by atomic mass is 16.5. The van der Waals surface area contributed by atoms with Crippen LogP contribution in [0.4, 0.5) is 0 Å². The Balaban J connectivity index is 1.47. The SMILES string of the molecule is O=C(NCC1CCOCC1)C1CN(C(=O)c2cccc(O)c2)Cc2ccnn21. The van der Waals surface area contributed by atoms with E-state index in [-0.39, 0.29) is 24.1 Å². The number of phenols is 1. The van der Waals surface area contributed by atoms with Gasteiger partial charge in [-0.25, -0.2) is 0 Å². The fourth-order valence-corrected chi connectivity index (χ4v) is 3.78. The van der Waals surface area contributed by atoms with Gasteiger partial charge in [-0.05, 0) is 43.0 Å². The summed E-state index contributed by atoms with van der Waals surface area (Å²) in [5, 5.41) is 17.0. The van der Waals surface area contributed by atoms with Crippen LogP contribution in [0.25, 0.3) is 0 Å². The number of fused-ring (bicyclic) bond motifs is 1. The van der Waals surface area contributed by atoms with Crippen molar-refractivity contribution in [3.05, 3.63) is 47.8 Å². The van der Waals surface area contributed by atoms with E-state index in [0.29, 0.717) is 24.6 Å². The molecule has 1 saturated heterocycles. The van der Waals surface area contributed by atoms with E-state index in [0.717, 1.165) is 31.7 Å². The molecule has 0 saturated carbocycles. The largest absolute Gasteiger partial charge is 0.508 e. The van der Waals surface area contributed by atoms with Gasteiger partial charge in [-0.2, -0.15) is 5.10 Å². The molecule has 2 aromatic rings. The molecule has 2 aliphatic rings. The Morgan fingerprint density at radius 3 is 2.86 bits per heavy atom. The highest BCUT2D eigenvalue weighted by molar-refractivity contribution is 5.95. The lowest BCUT2D eigenvalue weighted by atomic mass is 10.0. The molecule has 0 radical (unpaired) electrons. The third-order valence-electron chi connectivity index (χ3n) is 5.38. The first kappa shape index (κ1) is 18.5. The van der Waals surface area contributed by atoms with Crippen LogP contribution in [0.3, 0.4) is 0 Å². The topological polar surface area (TPSA) is 96.7 Å². The van der Waals surface area contributed by atoms with Crippen LogP contribution >= 0.6 is 0 Å². The van der Waals surface area contributed by atoms with Gasteiger partial charge in [-0.3, -0.25) is 14.3 Å². The van der Waals surface area contributed by atoms with Gasteiger partial charge in [0.05, 0.1) is 18.8 Å². The Labute approximate surface area is 163 Å². The third kappa shape index (κ3) is 3.87. The first-order valence-electron chi connectivity index (χ1n) is 9.58. The van der Waals surface area contributed by atoms with Gasteiger partial charge in [0, 0.05) is 31.5 Å². The number of aromatic nitrogens is 2. The monoisotopic (exact) mass is 384 g/mol. The van der Waals surface area contributed by atoms with Gasteiger partial charge in [0.15, 0.2) is 0 Å². The number of aromatic hydroxyl groups is 1. The minimum atomic E-state index is -0.570. The zero-order chi connectivity index (χ0) is 19.5. The number of carbonyl (C=O) groups excluding carboxylic acids is 2. The molecule has 148 valence electrons. The summed E-state index contributed by atoms with van der Waals surface area (Å²) in [5.74, 6) is 0.109. The van der Waals surface area contributed by atoms with Crippen LogP contribution < -0.4 is 5.32 Å². The summed E-state index contributed by atoms with van der Waals surface area (Å²) >= 11 is 0. The van der Waals surface area contributed by atoms with Crippen molar-refractivity contribution in [3.63, 3.8) is 0 Å². The highest BCUT2D eigenvalue weighted by Crippen LogP contribution is 2.23. The van der Waals surface area contributed by atoms with Crippen LogP contribution in [-0.2, 0) is 16.1 Å². The standard InChI is InChI=1S/C20H24N4O4/c25-17-3-1-2-15(10-17)20(27)23-12-16-4-7-22-24(16)18(13-23)19(26)21-11-14-5-8-28-9-6-14/h1-4,7,10,14,18,25H,5-6,8-9,11-13H2,(H,21,26). The quantitative estimate of drug-likeness (QED) is 0.829. The van der Waals surface area contributed by atoms with E-state index >= 15 is 0 Å². The molecule has 8 nitrogen and oxygen atoms in total. The Bertz CT molecular complexity index is 859. The average Bonchev–Trinajstić information content (AvgIpc) is 3.20. The zero-order valence-electron chi connectivity index (χ0n) is 15.6. The van der Waals surface area contributed by atoms with E-state index in [1.165, 1.54) is 12.1 Å². The molecule has 2 aliphatic heterocycles. The van der Waals surface area contributed by atoms with Crippen LogP contribution in [0.5, 0.6) is 5.75 Å². The van der Waals surface area contributed by atoms with Gasteiger partial charge in [-0.1, -0.05) is 6.07 Å². The minimum Gasteiger partial charge on any atom is -0.508 e. The summed E-state index contributed by atoms with van der Waals surface area (Å²) in [6.45, 7) is 2.69. The third-order valence-corrected chi connectivity index (χ3v) is 5.38. The molecular weight excluding hydrogens is 360 g/mol. The van der Waals surface area contributed by atoms with Crippen LogP contribution in [-0.4, -0.2) is 57.9 Å². The van der Waals surface area contributed by atoms with Crippen molar-refractivity contribution >= 4 is 11.8 Å². The molecule has 8 heteroatoms. The van der Waals surface area contributed by atoms with Gasteiger partial charge in [0.2, 0.25) is 5.91 Å². The average molecular weight is 384 g/mol. The maximum Gasteiger partial charge on any atom is 0.254 e. The number of nitrogens with one attached hydrogen (secondary N) is 1. The van der Waals surface area contributed by atoms with Crippen LogP contribution in [0.15, 0.2) is 36.5 Å². The number of rotatable bonds is 4. The second kappa shape index (κ2) is 8.02. The van der Waals surface area contributed by atoms with E-state index in [1.54, 1.807) is 27.9 Å². The van der Waals surface area contributed by atoms with Crippen molar-refractivity contribution in [3.8, 4) is 5.75 Å². The normalized spacial score (nSPS) is 19.9. The Morgan fingerprint density at radius 2 is 2.07 bits per heavy atom. The van der Waals surface area contributed by atoms with Crippen molar-refractivity contribution < 1.29 is 19.4 Å². The molecule has 4 rings (SSSR count). The molecule has 1 fully saturated rings. The van der Waals surface area contributed by atoms with Gasteiger partial charge in [-0.15, -0.1) is 0 Å². The molecule has 0 aliphatic carbocycles. The minimum absolute atomic E-state index is 0.0404. The Hall–Kier alpha value is -2.87. The summed E-state index contributed by atoms with van der Waals surface area (Å²) in [6.07, 6.45) is 3.54. The van der Waals surface area contributed by atoms with E-state index in [1.807, 2.05) is 6.07 Å². The zero-order valence-corrected chi connectivity index (χ0v) is 15.6. The van der Waals surface area contributed by atoms with Gasteiger partial charge in [0.25, 0.3) is 5.91 Å². The number of nitrogens with zero attached hydrogens (tertiary/aromatic N) is 3. The molecular formula is C20H24N4O4. The van der Waals surface area contributed by atoms with Crippen molar-refractivity contribution in [2.75, 3.05) is 26.3 Å². The molecule has 2 N–H and O–H groups in total. The molecule has 1 aromatic carbocycles. The molecule has 3 heterocycles. The predicted octanol–water partition coefficient (Wildman–Crippen LogP) is 1.33.